The molecule has 47 heavy (non-hydrogen) atoms. The second kappa shape index (κ2) is 13.7. The maximum absolute atomic E-state index is 13.9. The second-order valence-corrected chi connectivity index (χ2v) is 11.5. The van der Waals surface area contributed by atoms with Crippen LogP contribution in [-0.4, -0.2) is 54.1 Å². The molecule has 6 aromatic rings. The van der Waals surface area contributed by atoms with E-state index < -0.39 is 0 Å². The van der Waals surface area contributed by atoms with Crippen LogP contribution in [0.3, 0.4) is 0 Å². The Morgan fingerprint density at radius 3 is 2.43 bits per heavy atom. The number of hydrogen-bond donors (Lipinski definition) is 3. The minimum atomic E-state index is -0.268. The quantitative estimate of drug-likeness (QED) is 0.138. The van der Waals surface area contributed by atoms with E-state index in [0.29, 0.717) is 40.8 Å². The van der Waals surface area contributed by atoms with Crippen molar-refractivity contribution in [1.29, 1.82) is 0 Å². The number of fused-ring (bicyclic) bond motifs is 2. The van der Waals surface area contributed by atoms with Crippen molar-refractivity contribution in [3.05, 3.63) is 114 Å². The van der Waals surface area contributed by atoms with Gasteiger partial charge in [-0.05, 0) is 74.6 Å². The molecule has 10 heteroatoms. The Bertz CT molecular complexity index is 2060. The molecule has 0 fully saturated rings. The van der Waals surface area contributed by atoms with Crippen molar-refractivity contribution in [2.24, 2.45) is 0 Å². The molecule has 10 nitrogen and oxygen atoms in total. The molecule has 0 spiro atoms. The number of nitrogens with one attached hydrogen (secondary N) is 3. The van der Waals surface area contributed by atoms with Gasteiger partial charge in [-0.2, -0.15) is 0 Å². The number of carbonyl (C=O) groups excluding carboxylic acids is 1. The van der Waals surface area contributed by atoms with E-state index in [1.807, 2.05) is 55.5 Å². The molecule has 0 bridgehead atoms. The molecule has 6 rings (SSSR count). The molecule has 1 amide bonds. The number of para-hydroxylation sites is 1. The fraction of sp³-hybridized carbons (Fsp3) is 0.189. The number of carbonyl (C=O) groups is 1. The number of benzene rings is 4. The molecule has 0 saturated heterocycles. The van der Waals surface area contributed by atoms with Crippen molar-refractivity contribution in [2.75, 3.05) is 44.3 Å². The number of hydrogen-bond acceptors (Lipinski definition) is 9. The SMILES string of the molecule is COc1ccc(CNc2ncnc3c(C(=O)Nc4c(C)ccc5c(Nc6ccc(CN(C)C)cc6)nccc45)cccc23)c(OC)c1. The molecule has 0 aliphatic rings. The number of anilines is 4. The first kappa shape index (κ1) is 31.3. The van der Waals surface area contributed by atoms with E-state index in [2.05, 4.69) is 74.2 Å². The lowest BCUT2D eigenvalue weighted by Gasteiger charge is -2.16. The van der Waals surface area contributed by atoms with Gasteiger partial charge in [0.05, 0.1) is 31.0 Å². The summed E-state index contributed by atoms with van der Waals surface area (Å²) in [5.74, 6) is 2.47. The lowest BCUT2D eigenvalue weighted by atomic mass is 10.0. The highest BCUT2D eigenvalue weighted by Crippen LogP contribution is 2.33. The second-order valence-electron chi connectivity index (χ2n) is 11.5. The van der Waals surface area contributed by atoms with Gasteiger partial charge in [-0.3, -0.25) is 4.79 Å². The standard InChI is InChI=1S/C37H37N7O3/c1-23-9-16-29-28(17-18-38-36(29)42-26-13-10-24(11-14-26)21-44(2)3)33(23)43-37(45)31-8-6-7-30-34(31)40-22-41-35(30)39-20-25-12-15-27(46-4)19-32(25)47-5/h6-19,22H,20-21H2,1-5H3,(H,38,42)(H,43,45)(H,39,40,41). The summed E-state index contributed by atoms with van der Waals surface area (Å²) in [7, 11) is 7.35. The number of pyridine rings is 1. The predicted molar refractivity (Wildman–Crippen MR) is 188 cm³/mol. The summed E-state index contributed by atoms with van der Waals surface area (Å²) in [4.78, 5) is 29.6. The summed E-state index contributed by atoms with van der Waals surface area (Å²) >= 11 is 0. The first-order valence-electron chi connectivity index (χ1n) is 15.2. The lowest BCUT2D eigenvalue weighted by Crippen LogP contribution is -2.14. The van der Waals surface area contributed by atoms with Crippen LogP contribution in [0.4, 0.5) is 23.0 Å². The predicted octanol–water partition coefficient (Wildman–Crippen LogP) is 7.17. The Balaban J connectivity index is 1.26. The smallest absolute Gasteiger partial charge is 0.257 e. The Hall–Kier alpha value is -5.74. The lowest BCUT2D eigenvalue weighted by molar-refractivity contribution is 0.102. The van der Waals surface area contributed by atoms with Crippen LogP contribution >= 0.6 is 0 Å². The summed E-state index contributed by atoms with van der Waals surface area (Å²) in [5, 5.41) is 12.5. The van der Waals surface area contributed by atoms with Gasteiger partial charge in [-0.15, -0.1) is 0 Å². The van der Waals surface area contributed by atoms with Crippen LogP contribution < -0.4 is 25.4 Å². The third kappa shape index (κ3) is 6.78. The summed E-state index contributed by atoms with van der Waals surface area (Å²) in [6.45, 7) is 3.30. The number of ether oxygens (including phenoxy) is 2. The Morgan fingerprint density at radius 2 is 1.66 bits per heavy atom. The maximum atomic E-state index is 13.9. The van der Waals surface area contributed by atoms with Gasteiger partial charge in [0.25, 0.3) is 5.91 Å². The summed E-state index contributed by atoms with van der Waals surface area (Å²) in [6.07, 6.45) is 3.22. The molecule has 2 heterocycles. The van der Waals surface area contributed by atoms with Crippen molar-refractivity contribution in [3.63, 3.8) is 0 Å². The summed E-state index contributed by atoms with van der Waals surface area (Å²) in [6, 6.07) is 25.4. The van der Waals surface area contributed by atoms with E-state index in [1.165, 1.54) is 11.9 Å². The van der Waals surface area contributed by atoms with Crippen LogP contribution in [0.1, 0.15) is 27.0 Å². The fourth-order valence-corrected chi connectivity index (χ4v) is 5.59. The number of methoxy groups -OCH3 is 2. The molecule has 0 radical (unpaired) electrons. The third-order valence-corrected chi connectivity index (χ3v) is 7.96. The van der Waals surface area contributed by atoms with Crippen LogP contribution in [0.2, 0.25) is 0 Å². The fourth-order valence-electron chi connectivity index (χ4n) is 5.59. The highest BCUT2D eigenvalue weighted by Gasteiger charge is 2.17. The average molecular weight is 628 g/mol. The topological polar surface area (TPSA) is 114 Å². The van der Waals surface area contributed by atoms with Gasteiger partial charge in [-0.25, -0.2) is 15.0 Å². The first-order valence-corrected chi connectivity index (χ1v) is 15.2. The number of nitrogens with zero attached hydrogens (tertiary/aromatic N) is 4. The monoisotopic (exact) mass is 627 g/mol. The highest BCUT2D eigenvalue weighted by atomic mass is 16.5. The molecule has 0 saturated carbocycles. The van der Waals surface area contributed by atoms with Gasteiger partial charge < -0.3 is 30.3 Å². The Morgan fingerprint density at radius 1 is 0.830 bits per heavy atom. The molecular weight excluding hydrogens is 590 g/mol. The van der Waals surface area contributed by atoms with Crippen molar-refractivity contribution in [1.82, 2.24) is 19.9 Å². The van der Waals surface area contributed by atoms with Crippen molar-refractivity contribution < 1.29 is 14.3 Å². The maximum Gasteiger partial charge on any atom is 0.257 e. The molecule has 0 unspecified atom stereocenters. The molecule has 0 atom stereocenters. The van der Waals surface area contributed by atoms with Gasteiger partial charge in [0.1, 0.15) is 29.5 Å². The van der Waals surface area contributed by atoms with Crippen molar-refractivity contribution >= 4 is 50.6 Å². The van der Waals surface area contributed by atoms with Gasteiger partial charge in [-0.1, -0.05) is 30.3 Å². The molecule has 0 aliphatic heterocycles. The van der Waals surface area contributed by atoms with Gasteiger partial charge in [0, 0.05) is 52.8 Å². The van der Waals surface area contributed by atoms with Gasteiger partial charge in [0.2, 0.25) is 0 Å². The molecule has 2 aromatic heterocycles. The number of aryl methyl sites for hydroxylation is 1. The summed E-state index contributed by atoms with van der Waals surface area (Å²) in [5.41, 5.74) is 5.73. The van der Waals surface area contributed by atoms with Gasteiger partial charge in [0.15, 0.2) is 0 Å². The van der Waals surface area contributed by atoms with Gasteiger partial charge >= 0.3 is 0 Å². The van der Waals surface area contributed by atoms with E-state index in [0.717, 1.165) is 45.2 Å². The minimum Gasteiger partial charge on any atom is -0.497 e. The zero-order valence-electron chi connectivity index (χ0n) is 27.1. The zero-order valence-corrected chi connectivity index (χ0v) is 27.1. The molecule has 3 N–H and O–H groups in total. The van der Waals surface area contributed by atoms with E-state index in [9.17, 15) is 4.79 Å². The van der Waals surface area contributed by atoms with E-state index in [1.54, 1.807) is 26.5 Å². The van der Waals surface area contributed by atoms with Crippen LogP contribution in [0.15, 0.2) is 91.4 Å². The largest absolute Gasteiger partial charge is 0.497 e. The minimum absolute atomic E-state index is 0.268. The van der Waals surface area contributed by atoms with Crippen molar-refractivity contribution in [3.8, 4) is 11.5 Å². The molecular formula is C37H37N7O3. The van der Waals surface area contributed by atoms with E-state index >= 15 is 0 Å². The number of rotatable bonds is 11. The van der Waals surface area contributed by atoms with E-state index in [4.69, 9.17) is 9.47 Å². The van der Waals surface area contributed by atoms with Crippen molar-refractivity contribution in [2.45, 2.75) is 20.0 Å². The average Bonchev–Trinajstić information content (AvgIpc) is 3.08. The van der Waals surface area contributed by atoms with E-state index in [-0.39, 0.29) is 5.91 Å². The Labute approximate surface area is 273 Å². The first-order chi connectivity index (χ1) is 22.8. The zero-order chi connectivity index (χ0) is 32.9. The van der Waals surface area contributed by atoms with Crippen LogP contribution in [0.25, 0.3) is 21.7 Å². The number of aromatic nitrogens is 3. The normalized spacial score (nSPS) is 11.1. The van der Waals surface area contributed by atoms with Crippen LogP contribution in [0.5, 0.6) is 11.5 Å². The van der Waals surface area contributed by atoms with Crippen LogP contribution in [-0.2, 0) is 13.1 Å². The number of amides is 1. The highest BCUT2D eigenvalue weighted by molar-refractivity contribution is 6.16. The molecule has 238 valence electrons. The molecule has 0 aliphatic carbocycles. The Kier molecular flexibility index (Phi) is 9.12. The van der Waals surface area contributed by atoms with Crippen LogP contribution in [0, 0.1) is 6.92 Å². The molecule has 4 aromatic carbocycles. The third-order valence-electron chi connectivity index (χ3n) is 7.96. The summed E-state index contributed by atoms with van der Waals surface area (Å²) < 4.78 is 10.9.